The molecular weight excluding hydrogens is 367 g/mol. The minimum Gasteiger partial charge on any atom is -0.361 e. The Morgan fingerprint density at radius 2 is 1.83 bits per heavy atom. The quantitative estimate of drug-likeness (QED) is 0.728. The van der Waals surface area contributed by atoms with Gasteiger partial charge in [-0.2, -0.15) is 5.10 Å². The number of nitrogens with one attached hydrogen (secondary N) is 1. The molecular formula is C22H27FN6. The molecule has 3 heterocycles. The molecule has 1 saturated heterocycles. The van der Waals surface area contributed by atoms with Crippen LogP contribution >= 0.6 is 0 Å². The topological polar surface area (TPSA) is 57.2 Å². The van der Waals surface area contributed by atoms with Crippen LogP contribution in [0, 0.1) is 19.7 Å². The molecule has 1 atom stereocenters. The summed E-state index contributed by atoms with van der Waals surface area (Å²) in [4.78, 5) is 9.28. The van der Waals surface area contributed by atoms with Crippen LogP contribution in [-0.4, -0.2) is 53.3 Å². The van der Waals surface area contributed by atoms with Crippen LogP contribution in [0.1, 0.15) is 29.8 Å². The van der Waals surface area contributed by atoms with Crippen LogP contribution in [0.3, 0.4) is 0 Å². The van der Waals surface area contributed by atoms with Gasteiger partial charge < -0.3 is 15.1 Å². The van der Waals surface area contributed by atoms with Gasteiger partial charge in [-0.15, -0.1) is 5.10 Å². The molecule has 1 aliphatic heterocycles. The molecule has 0 bridgehead atoms. The van der Waals surface area contributed by atoms with Crippen LogP contribution in [-0.2, 0) is 0 Å². The molecule has 0 radical (unpaired) electrons. The summed E-state index contributed by atoms with van der Waals surface area (Å²) in [6, 6.07) is 7.29. The van der Waals surface area contributed by atoms with Crippen molar-refractivity contribution in [2.45, 2.75) is 26.8 Å². The minimum absolute atomic E-state index is 0.184. The molecule has 7 heteroatoms. The predicted octanol–water partition coefficient (Wildman–Crippen LogP) is 3.71. The number of nitrogens with zero attached hydrogens (tertiary/aromatic N) is 5. The van der Waals surface area contributed by atoms with Crippen LogP contribution < -0.4 is 10.2 Å². The Morgan fingerprint density at radius 1 is 1.07 bits per heavy atom. The van der Waals surface area contributed by atoms with Gasteiger partial charge in [0.05, 0.1) is 11.7 Å². The first-order valence-corrected chi connectivity index (χ1v) is 10.0. The van der Waals surface area contributed by atoms with Gasteiger partial charge in [-0.25, -0.2) is 9.37 Å². The van der Waals surface area contributed by atoms with Gasteiger partial charge in [-0.1, -0.05) is 18.2 Å². The number of benzene rings is 1. The first-order chi connectivity index (χ1) is 13.9. The number of halogens is 1. The molecule has 1 aliphatic rings. The highest BCUT2D eigenvalue weighted by molar-refractivity contribution is 5.94. The van der Waals surface area contributed by atoms with E-state index in [1.165, 1.54) is 0 Å². The van der Waals surface area contributed by atoms with Gasteiger partial charge in [0.25, 0.3) is 0 Å². The Balaban J connectivity index is 1.69. The summed E-state index contributed by atoms with van der Waals surface area (Å²) in [5, 5.41) is 13.9. The summed E-state index contributed by atoms with van der Waals surface area (Å²) >= 11 is 0. The zero-order valence-corrected chi connectivity index (χ0v) is 17.4. The fraction of sp³-hybridized carbons (Fsp3) is 0.409. The first kappa shape index (κ1) is 19.5. The summed E-state index contributed by atoms with van der Waals surface area (Å²) in [6.45, 7) is 9.57. The van der Waals surface area contributed by atoms with E-state index in [0.717, 1.165) is 48.5 Å². The van der Waals surface area contributed by atoms with E-state index in [9.17, 15) is 4.39 Å². The average molecular weight is 394 g/mol. The Labute approximate surface area is 170 Å². The largest absolute Gasteiger partial charge is 0.361 e. The third kappa shape index (κ3) is 3.87. The standard InChI is InChI=1S/C22H27FN6/c1-14-6-5-7-17(21(14)23)15(2)25-22-18-12-20(29-10-8-28(4)9-11-29)24-13-19(18)16(3)26-27-22/h5-7,12-13,15H,8-11H2,1-4H3,(H,25,27)/t15-/m1/s1. The van der Waals surface area contributed by atoms with Crippen molar-refractivity contribution in [3.63, 3.8) is 0 Å². The highest BCUT2D eigenvalue weighted by Crippen LogP contribution is 2.30. The molecule has 4 rings (SSSR count). The smallest absolute Gasteiger partial charge is 0.157 e. The van der Waals surface area contributed by atoms with Crippen molar-refractivity contribution in [3.05, 3.63) is 53.1 Å². The lowest BCUT2D eigenvalue weighted by Gasteiger charge is -2.33. The number of aromatic nitrogens is 3. The minimum atomic E-state index is -0.240. The van der Waals surface area contributed by atoms with E-state index in [-0.39, 0.29) is 11.9 Å². The van der Waals surface area contributed by atoms with E-state index in [0.29, 0.717) is 16.9 Å². The van der Waals surface area contributed by atoms with Gasteiger partial charge in [0, 0.05) is 48.7 Å². The van der Waals surface area contributed by atoms with Gasteiger partial charge in [-0.3, -0.25) is 0 Å². The van der Waals surface area contributed by atoms with Crippen molar-refractivity contribution >= 4 is 22.4 Å². The highest BCUT2D eigenvalue weighted by Gasteiger charge is 2.19. The Bertz CT molecular complexity index is 1030. The summed E-state index contributed by atoms with van der Waals surface area (Å²) < 4.78 is 14.6. The van der Waals surface area contributed by atoms with E-state index in [1.54, 1.807) is 19.1 Å². The van der Waals surface area contributed by atoms with Crippen molar-refractivity contribution in [2.24, 2.45) is 0 Å². The summed E-state index contributed by atoms with van der Waals surface area (Å²) in [6.07, 6.45) is 1.87. The molecule has 1 aromatic carbocycles. The molecule has 0 saturated carbocycles. The maximum atomic E-state index is 14.6. The molecule has 0 amide bonds. The van der Waals surface area contributed by atoms with E-state index in [2.05, 4.69) is 43.4 Å². The third-order valence-electron chi connectivity index (χ3n) is 5.70. The normalized spacial score (nSPS) is 16.2. The Hall–Kier alpha value is -2.80. The zero-order valence-electron chi connectivity index (χ0n) is 17.4. The number of hydrogen-bond donors (Lipinski definition) is 1. The van der Waals surface area contributed by atoms with Crippen LogP contribution in [0.4, 0.5) is 16.0 Å². The van der Waals surface area contributed by atoms with E-state index >= 15 is 0 Å². The lowest BCUT2D eigenvalue weighted by molar-refractivity contribution is 0.312. The predicted molar refractivity (Wildman–Crippen MR) is 115 cm³/mol. The van der Waals surface area contributed by atoms with Crippen molar-refractivity contribution in [3.8, 4) is 0 Å². The molecule has 6 nitrogen and oxygen atoms in total. The number of anilines is 2. The molecule has 3 aromatic rings. The zero-order chi connectivity index (χ0) is 20.5. The van der Waals surface area contributed by atoms with Gasteiger partial charge in [0.15, 0.2) is 5.82 Å². The molecule has 2 aromatic heterocycles. The monoisotopic (exact) mass is 394 g/mol. The summed E-state index contributed by atoms with van der Waals surface area (Å²) in [5.41, 5.74) is 2.09. The number of piperazine rings is 1. The average Bonchev–Trinajstić information content (AvgIpc) is 2.72. The van der Waals surface area contributed by atoms with Gasteiger partial charge >= 0.3 is 0 Å². The van der Waals surface area contributed by atoms with Crippen molar-refractivity contribution in [1.82, 2.24) is 20.1 Å². The molecule has 1 N–H and O–H groups in total. The summed E-state index contributed by atoms with van der Waals surface area (Å²) in [5.74, 6) is 1.41. The molecule has 0 spiro atoms. The number of rotatable bonds is 4. The fourth-order valence-electron chi connectivity index (χ4n) is 3.76. The van der Waals surface area contributed by atoms with Crippen molar-refractivity contribution < 1.29 is 4.39 Å². The molecule has 152 valence electrons. The van der Waals surface area contributed by atoms with Gasteiger partial charge in [0.2, 0.25) is 0 Å². The van der Waals surface area contributed by atoms with Crippen LogP contribution in [0.15, 0.2) is 30.5 Å². The van der Waals surface area contributed by atoms with Crippen molar-refractivity contribution in [1.29, 1.82) is 0 Å². The molecule has 29 heavy (non-hydrogen) atoms. The number of aryl methyl sites for hydroxylation is 2. The number of likely N-dealkylation sites (N-methyl/N-ethyl adjacent to an activating group) is 1. The van der Waals surface area contributed by atoms with E-state index in [1.807, 2.05) is 26.1 Å². The first-order valence-electron chi connectivity index (χ1n) is 10.0. The molecule has 0 aliphatic carbocycles. The second-order valence-electron chi connectivity index (χ2n) is 7.86. The van der Waals surface area contributed by atoms with Crippen LogP contribution in [0.25, 0.3) is 10.8 Å². The maximum Gasteiger partial charge on any atom is 0.157 e. The van der Waals surface area contributed by atoms with Crippen LogP contribution in [0.2, 0.25) is 0 Å². The summed E-state index contributed by atoms with van der Waals surface area (Å²) in [7, 11) is 2.14. The number of fused-ring (bicyclic) bond motifs is 1. The lowest BCUT2D eigenvalue weighted by Crippen LogP contribution is -2.44. The molecule has 1 fully saturated rings. The van der Waals surface area contributed by atoms with Crippen LogP contribution in [0.5, 0.6) is 0 Å². The second kappa shape index (κ2) is 7.91. The number of hydrogen-bond acceptors (Lipinski definition) is 6. The number of pyridine rings is 1. The van der Waals surface area contributed by atoms with Crippen molar-refractivity contribution in [2.75, 3.05) is 43.4 Å². The Morgan fingerprint density at radius 3 is 2.59 bits per heavy atom. The van der Waals surface area contributed by atoms with Gasteiger partial charge in [-0.05, 0) is 39.4 Å². The van der Waals surface area contributed by atoms with Gasteiger partial charge in [0.1, 0.15) is 11.6 Å². The highest BCUT2D eigenvalue weighted by atomic mass is 19.1. The Kier molecular flexibility index (Phi) is 5.32. The lowest BCUT2D eigenvalue weighted by atomic mass is 10.0. The second-order valence-corrected chi connectivity index (χ2v) is 7.86. The fourth-order valence-corrected chi connectivity index (χ4v) is 3.76. The van der Waals surface area contributed by atoms with E-state index in [4.69, 9.17) is 0 Å². The maximum absolute atomic E-state index is 14.6. The SMILES string of the molecule is Cc1cccc([C@@H](C)Nc2nnc(C)c3cnc(N4CCN(C)CC4)cc23)c1F. The third-order valence-corrected chi connectivity index (χ3v) is 5.70. The van der Waals surface area contributed by atoms with E-state index < -0.39 is 0 Å². The molecule has 0 unspecified atom stereocenters.